The summed E-state index contributed by atoms with van der Waals surface area (Å²) in [6.45, 7) is 3.43. The number of hydrogen-bond donors (Lipinski definition) is 2. The van der Waals surface area contributed by atoms with Crippen LogP contribution in [0, 0.1) is 6.92 Å². The van der Waals surface area contributed by atoms with Crippen molar-refractivity contribution in [2.45, 2.75) is 58.3 Å². The van der Waals surface area contributed by atoms with Crippen molar-refractivity contribution in [1.29, 1.82) is 0 Å². The molecule has 1 saturated carbocycles. The largest absolute Gasteiger partial charge is 0.436 e. The molecule has 0 bridgehead atoms. The highest BCUT2D eigenvalue weighted by Crippen LogP contribution is 2.47. The van der Waals surface area contributed by atoms with Gasteiger partial charge in [0.2, 0.25) is 5.91 Å². The molecule has 9 nitrogen and oxygen atoms in total. The molecule has 0 atom stereocenters. The minimum atomic E-state index is -4.74. The average Bonchev–Trinajstić information content (AvgIpc) is 3.40. The van der Waals surface area contributed by atoms with E-state index in [1.165, 1.54) is 0 Å². The van der Waals surface area contributed by atoms with Crippen LogP contribution in [0.15, 0.2) is 16.7 Å². The molecule has 3 N–H and O–H groups in total. The number of alkyl halides is 5. The fourth-order valence-electron chi connectivity index (χ4n) is 4.50. The van der Waals surface area contributed by atoms with Gasteiger partial charge in [-0.1, -0.05) is 0 Å². The van der Waals surface area contributed by atoms with E-state index in [-0.39, 0.29) is 42.4 Å². The molecule has 0 radical (unpaired) electrons. The second-order valence-corrected chi connectivity index (χ2v) is 11.0. The molecule has 0 saturated heterocycles. The van der Waals surface area contributed by atoms with Crippen LogP contribution in [0.3, 0.4) is 0 Å². The van der Waals surface area contributed by atoms with Crippen LogP contribution >= 0.6 is 27.3 Å². The molecule has 1 aliphatic carbocycles. The van der Waals surface area contributed by atoms with Crippen molar-refractivity contribution in [3.05, 3.63) is 44.4 Å². The van der Waals surface area contributed by atoms with Crippen molar-refractivity contribution in [3.8, 4) is 11.1 Å². The second kappa shape index (κ2) is 10.2. The van der Waals surface area contributed by atoms with E-state index in [0.29, 0.717) is 30.6 Å². The van der Waals surface area contributed by atoms with Crippen LogP contribution in [0.2, 0.25) is 0 Å². The molecule has 212 valence electrons. The molecule has 4 heterocycles. The lowest BCUT2D eigenvalue weighted by molar-refractivity contribution is -0.142. The Kier molecular flexibility index (Phi) is 7.18. The summed E-state index contributed by atoms with van der Waals surface area (Å²) in [5, 5.41) is 10.8. The van der Waals surface area contributed by atoms with Gasteiger partial charge in [-0.3, -0.25) is 19.0 Å². The maximum Gasteiger partial charge on any atom is 0.436 e. The van der Waals surface area contributed by atoms with Crippen molar-refractivity contribution >= 4 is 55.0 Å². The van der Waals surface area contributed by atoms with Crippen LogP contribution in [-0.4, -0.2) is 36.4 Å². The number of aromatic nitrogens is 5. The molecule has 40 heavy (non-hydrogen) atoms. The van der Waals surface area contributed by atoms with Crippen molar-refractivity contribution in [1.82, 2.24) is 24.5 Å². The maximum atomic E-state index is 13.8. The summed E-state index contributed by atoms with van der Waals surface area (Å²) in [5.41, 5.74) is 5.29. The standard InChI is InChI=1S/C24H21BrF5N7O2S/c1-3-36-7-12(9(2)34-36)11-6-13(21(26)27)32-23-15(11)17(19(40-23)22(31)39)33-14(38)8-37-18(10-4-5-10)16(25)20(35-37)24(28,29)30/h6-7,10,21H,3-5,8H2,1-2H3,(H2,31,39)(H,33,38). The first-order chi connectivity index (χ1) is 18.8. The summed E-state index contributed by atoms with van der Waals surface area (Å²) < 4.78 is 70.5. The van der Waals surface area contributed by atoms with Gasteiger partial charge in [0.15, 0.2) is 5.69 Å². The lowest BCUT2D eigenvalue weighted by atomic mass is 10.0. The number of thiophene rings is 1. The molecule has 1 fully saturated rings. The Morgan fingerprint density at radius 3 is 2.50 bits per heavy atom. The van der Waals surface area contributed by atoms with Gasteiger partial charge in [-0.25, -0.2) is 13.8 Å². The molecule has 0 aromatic carbocycles. The molecular weight excluding hydrogens is 625 g/mol. The van der Waals surface area contributed by atoms with Gasteiger partial charge >= 0.3 is 6.18 Å². The van der Waals surface area contributed by atoms with Crippen molar-refractivity contribution in [2.24, 2.45) is 5.73 Å². The van der Waals surface area contributed by atoms with E-state index in [0.717, 1.165) is 22.1 Å². The van der Waals surface area contributed by atoms with Crippen molar-refractivity contribution in [3.63, 3.8) is 0 Å². The number of halogens is 6. The third-order valence-electron chi connectivity index (χ3n) is 6.41. The quantitative estimate of drug-likeness (QED) is 0.227. The number of amides is 2. The Balaban J connectivity index is 1.62. The molecule has 16 heteroatoms. The lowest BCUT2D eigenvalue weighted by Crippen LogP contribution is -2.23. The average molecular weight is 646 g/mol. The van der Waals surface area contributed by atoms with Crippen molar-refractivity contribution in [2.75, 3.05) is 5.32 Å². The zero-order valence-corrected chi connectivity index (χ0v) is 23.3. The number of aryl methyl sites for hydroxylation is 2. The Morgan fingerprint density at radius 2 is 1.95 bits per heavy atom. The first kappa shape index (κ1) is 28.1. The van der Waals surface area contributed by atoms with E-state index in [2.05, 4.69) is 36.4 Å². The molecule has 1 aliphatic rings. The monoisotopic (exact) mass is 645 g/mol. The molecule has 2 amide bonds. The Morgan fingerprint density at radius 1 is 1.25 bits per heavy atom. The number of nitrogens with one attached hydrogen (secondary N) is 1. The normalized spacial score (nSPS) is 13.9. The Hall–Kier alpha value is -3.40. The van der Waals surface area contributed by atoms with E-state index >= 15 is 0 Å². The number of nitrogens with zero attached hydrogens (tertiary/aromatic N) is 5. The molecule has 5 rings (SSSR count). The first-order valence-electron chi connectivity index (χ1n) is 12.0. The number of carbonyl (C=O) groups excluding carboxylic acids is 2. The number of hydrogen-bond acceptors (Lipinski definition) is 6. The van der Waals surface area contributed by atoms with Gasteiger partial charge in [0.1, 0.15) is 21.9 Å². The highest BCUT2D eigenvalue weighted by Gasteiger charge is 2.42. The molecule has 0 unspecified atom stereocenters. The summed E-state index contributed by atoms with van der Waals surface area (Å²) in [5.74, 6) is -1.92. The number of anilines is 1. The van der Waals surface area contributed by atoms with Crippen LogP contribution in [0.25, 0.3) is 21.3 Å². The minimum absolute atomic E-state index is 0.0282. The van der Waals surface area contributed by atoms with E-state index in [1.54, 1.807) is 17.8 Å². The Bertz CT molecular complexity index is 1660. The van der Waals surface area contributed by atoms with Gasteiger partial charge in [-0.2, -0.15) is 23.4 Å². The van der Waals surface area contributed by atoms with E-state index in [1.807, 2.05) is 6.92 Å². The summed E-state index contributed by atoms with van der Waals surface area (Å²) >= 11 is 3.72. The van der Waals surface area contributed by atoms with Crippen LogP contribution in [0.4, 0.5) is 27.6 Å². The summed E-state index contributed by atoms with van der Waals surface area (Å²) in [7, 11) is 0. The number of primary amides is 1. The van der Waals surface area contributed by atoms with Crippen LogP contribution < -0.4 is 11.1 Å². The summed E-state index contributed by atoms with van der Waals surface area (Å²) in [6, 6.07) is 1.16. The first-order valence-corrected chi connectivity index (χ1v) is 13.6. The molecular formula is C24H21BrF5N7O2S. The van der Waals surface area contributed by atoms with Gasteiger partial charge in [0.05, 0.1) is 21.5 Å². The number of carbonyl (C=O) groups is 2. The van der Waals surface area contributed by atoms with Gasteiger partial charge < -0.3 is 11.1 Å². The van der Waals surface area contributed by atoms with Crippen molar-refractivity contribution < 1.29 is 31.5 Å². The van der Waals surface area contributed by atoms with Crippen LogP contribution in [-0.2, 0) is 24.1 Å². The molecule has 4 aromatic heterocycles. The fourth-order valence-corrected chi connectivity index (χ4v) is 6.34. The highest BCUT2D eigenvalue weighted by atomic mass is 79.9. The highest BCUT2D eigenvalue weighted by molar-refractivity contribution is 9.10. The zero-order chi connectivity index (χ0) is 29.1. The fraction of sp³-hybridized carbons (Fsp3) is 0.375. The van der Waals surface area contributed by atoms with E-state index < -0.39 is 42.3 Å². The van der Waals surface area contributed by atoms with Gasteiger partial charge in [0, 0.05) is 29.6 Å². The number of pyridine rings is 1. The maximum absolute atomic E-state index is 13.8. The third-order valence-corrected chi connectivity index (χ3v) is 8.29. The van der Waals surface area contributed by atoms with E-state index in [4.69, 9.17) is 5.73 Å². The van der Waals surface area contributed by atoms with Crippen LogP contribution in [0.5, 0.6) is 0 Å². The topological polar surface area (TPSA) is 121 Å². The zero-order valence-electron chi connectivity index (χ0n) is 20.9. The lowest BCUT2D eigenvalue weighted by Gasteiger charge is -2.11. The SMILES string of the molecule is CCn1cc(-c2cc(C(F)F)nc3sc(C(N)=O)c(NC(=O)Cn4nc(C(F)(F)F)c(Br)c4C4CC4)c23)c(C)n1. The number of fused-ring (bicyclic) bond motifs is 1. The molecule has 0 aliphatic heterocycles. The number of rotatable bonds is 8. The van der Waals surface area contributed by atoms with Gasteiger partial charge in [-0.15, -0.1) is 11.3 Å². The van der Waals surface area contributed by atoms with E-state index in [9.17, 15) is 31.5 Å². The minimum Gasteiger partial charge on any atom is -0.365 e. The molecule has 0 spiro atoms. The Labute approximate surface area is 235 Å². The van der Waals surface area contributed by atoms with Crippen LogP contribution in [0.1, 0.15) is 64.6 Å². The van der Waals surface area contributed by atoms with Gasteiger partial charge in [-0.05, 0) is 54.2 Å². The van der Waals surface area contributed by atoms with Gasteiger partial charge in [0.25, 0.3) is 12.3 Å². The second-order valence-electron chi connectivity index (χ2n) is 9.26. The summed E-state index contributed by atoms with van der Waals surface area (Å²) in [6.07, 6.45) is -4.72. The predicted octanol–water partition coefficient (Wildman–Crippen LogP) is 6.02. The smallest absolute Gasteiger partial charge is 0.365 e. The third kappa shape index (κ3) is 5.09. The summed E-state index contributed by atoms with van der Waals surface area (Å²) in [4.78, 5) is 29.5. The molecule has 4 aromatic rings. The predicted molar refractivity (Wildman–Crippen MR) is 140 cm³/mol. The number of nitrogens with two attached hydrogens (primary N) is 1.